The van der Waals surface area contributed by atoms with E-state index in [4.69, 9.17) is 29.3 Å². The average molecular weight is 463 g/mol. The molecule has 0 bridgehead atoms. The van der Waals surface area contributed by atoms with Gasteiger partial charge in [0.2, 0.25) is 0 Å². The number of amides is 3. The number of hydrogen-bond donors (Lipinski definition) is 1. The van der Waals surface area contributed by atoms with Crippen LogP contribution in [0.2, 0.25) is 0 Å². The maximum Gasteiger partial charge on any atom is 0.339 e. The van der Waals surface area contributed by atoms with E-state index in [9.17, 15) is 9.59 Å². The first kappa shape index (κ1) is 20.4. The molecule has 11 heteroatoms. The highest BCUT2D eigenvalue weighted by Crippen LogP contribution is 2.31. The van der Waals surface area contributed by atoms with Crippen LogP contribution in [0.1, 0.15) is 20.4 Å². The zero-order valence-electron chi connectivity index (χ0n) is 15.5. The number of nitrogens with zero attached hydrogens (tertiary/aromatic N) is 5. The van der Waals surface area contributed by atoms with Gasteiger partial charge in [0.1, 0.15) is 0 Å². The molecule has 0 aliphatic carbocycles. The molecule has 3 heterocycles. The van der Waals surface area contributed by atoms with Gasteiger partial charge in [-0.05, 0) is 24.3 Å². The summed E-state index contributed by atoms with van der Waals surface area (Å²) < 4.78 is 2.00. The largest absolute Gasteiger partial charge is 0.397 e. The predicted octanol–water partition coefficient (Wildman–Crippen LogP) is 4.06. The van der Waals surface area contributed by atoms with Crippen molar-refractivity contribution < 1.29 is 9.59 Å². The van der Waals surface area contributed by atoms with Crippen molar-refractivity contribution in [3.8, 4) is 0 Å². The van der Waals surface area contributed by atoms with Gasteiger partial charge in [-0.1, -0.05) is 12.1 Å². The number of benzene rings is 1. The van der Waals surface area contributed by atoms with Crippen LogP contribution in [0, 0.1) is 0 Å². The Labute approximate surface area is 186 Å². The first-order valence-electron chi connectivity index (χ1n) is 8.94. The number of pyridine rings is 1. The predicted molar refractivity (Wildman–Crippen MR) is 118 cm³/mol. The quantitative estimate of drug-likeness (QED) is 0.467. The second kappa shape index (κ2) is 8.47. The van der Waals surface area contributed by atoms with Crippen molar-refractivity contribution in [3.05, 3.63) is 64.4 Å². The lowest BCUT2D eigenvalue weighted by Crippen LogP contribution is -2.41. The summed E-state index contributed by atoms with van der Waals surface area (Å²) >= 11 is 13.6. The highest BCUT2D eigenvalue weighted by atomic mass is 35.5. The molecule has 0 fully saturated rings. The van der Waals surface area contributed by atoms with E-state index in [1.807, 2.05) is 0 Å². The number of halogens is 2. The van der Waals surface area contributed by atoms with Crippen molar-refractivity contribution in [2.75, 3.05) is 21.1 Å². The van der Waals surface area contributed by atoms with Crippen molar-refractivity contribution in [1.29, 1.82) is 0 Å². The summed E-state index contributed by atoms with van der Waals surface area (Å²) in [7, 11) is 0. The maximum absolute atomic E-state index is 12.8. The minimum Gasteiger partial charge on any atom is -0.397 e. The van der Waals surface area contributed by atoms with Gasteiger partial charge in [-0.25, -0.2) is 18.6 Å². The average Bonchev–Trinajstić information content (AvgIpc) is 3.21. The number of carbonyl (C=O) groups excluding carboxylic acids is 2. The van der Waals surface area contributed by atoms with E-state index in [-0.39, 0.29) is 11.0 Å². The molecule has 4 rings (SSSR count). The van der Waals surface area contributed by atoms with Crippen LogP contribution in [0.15, 0.2) is 48.8 Å². The number of nitrogens with two attached hydrogens (primary N) is 1. The Kier molecular flexibility index (Phi) is 5.76. The van der Waals surface area contributed by atoms with Gasteiger partial charge in [0.15, 0.2) is 5.01 Å². The highest BCUT2D eigenvalue weighted by Gasteiger charge is 2.30. The van der Waals surface area contributed by atoms with Crippen LogP contribution in [-0.4, -0.2) is 33.4 Å². The minimum atomic E-state index is -0.471. The fourth-order valence-corrected chi connectivity index (χ4v) is 4.56. The zero-order chi connectivity index (χ0) is 21.3. The molecule has 8 nitrogen and oxygen atoms in total. The number of aromatic nitrogens is 2. The molecule has 30 heavy (non-hydrogen) atoms. The molecule has 1 aliphatic rings. The van der Waals surface area contributed by atoms with Gasteiger partial charge >= 0.3 is 11.9 Å². The normalized spacial score (nSPS) is 12.9. The molecule has 0 saturated heterocycles. The lowest BCUT2D eigenvalue weighted by molar-refractivity contribution is 0.100. The molecule has 0 unspecified atom stereocenters. The topological polar surface area (TPSA) is 95.7 Å². The van der Waals surface area contributed by atoms with Gasteiger partial charge in [0.25, 0.3) is 0 Å². The monoisotopic (exact) mass is 462 g/mol. The fraction of sp³-hybridized carbons (Fsp3) is 0.158. The number of thiazole rings is 1. The molecule has 2 aromatic heterocycles. The van der Waals surface area contributed by atoms with Gasteiger partial charge < -0.3 is 10.6 Å². The minimum absolute atomic E-state index is 0.238. The highest BCUT2D eigenvalue weighted by molar-refractivity contribution is 7.14. The number of fused-ring (bicyclic) bond motifs is 1. The van der Waals surface area contributed by atoms with Gasteiger partial charge in [0.05, 0.1) is 35.5 Å². The summed E-state index contributed by atoms with van der Waals surface area (Å²) in [5, 5.41) is 0.238. The van der Waals surface area contributed by atoms with E-state index in [0.717, 1.165) is 19.4 Å². The van der Waals surface area contributed by atoms with Crippen molar-refractivity contribution in [1.82, 2.24) is 14.9 Å². The molecule has 0 saturated carbocycles. The maximum atomic E-state index is 12.8. The molecule has 2 N–H and O–H groups in total. The van der Waals surface area contributed by atoms with Gasteiger partial charge in [0, 0.05) is 47.6 Å². The first-order chi connectivity index (χ1) is 14.5. The number of para-hydroxylation sites is 2. The third kappa shape index (κ3) is 3.91. The SMILES string of the molecule is Nc1ccccc1N(Cl)C(=O)c1nc2c(s1)CN(C(=O)N(Cl)c1cccnc1)CC2. The second-order valence-electron chi connectivity index (χ2n) is 6.48. The summed E-state index contributed by atoms with van der Waals surface area (Å²) in [4.78, 5) is 36.4. The number of hydrogen-bond acceptors (Lipinski definition) is 6. The van der Waals surface area contributed by atoms with Crippen LogP contribution in [0.5, 0.6) is 0 Å². The van der Waals surface area contributed by atoms with Crippen molar-refractivity contribution in [2.24, 2.45) is 0 Å². The van der Waals surface area contributed by atoms with Crippen LogP contribution < -0.4 is 14.6 Å². The molecule has 154 valence electrons. The third-order valence-electron chi connectivity index (χ3n) is 4.55. The van der Waals surface area contributed by atoms with Crippen LogP contribution in [0.25, 0.3) is 0 Å². The van der Waals surface area contributed by atoms with Gasteiger partial charge in [-0.15, -0.1) is 11.3 Å². The van der Waals surface area contributed by atoms with Crippen molar-refractivity contribution >= 4 is 63.9 Å². The first-order valence-corrected chi connectivity index (χ1v) is 10.4. The van der Waals surface area contributed by atoms with E-state index < -0.39 is 5.91 Å². The van der Waals surface area contributed by atoms with Gasteiger partial charge in [-0.3, -0.25) is 9.78 Å². The van der Waals surface area contributed by atoms with Crippen molar-refractivity contribution in [2.45, 2.75) is 13.0 Å². The molecule has 0 atom stereocenters. The molecular formula is C19H16Cl2N6O2S. The summed E-state index contributed by atoms with van der Waals surface area (Å²) in [6, 6.07) is 9.84. The summed E-state index contributed by atoms with van der Waals surface area (Å²) in [6.45, 7) is 0.737. The number of rotatable bonds is 3. The molecule has 3 aromatic rings. The smallest absolute Gasteiger partial charge is 0.339 e. The van der Waals surface area contributed by atoms with Crippen LogP contribution in [-0.2, 0) is 13.0 Å². The molecule has 1 aromatic carbocycles. The van der Waals surface area contributed by atoms with Gasteiger partial charge in [-0.2, -0.15) is 0 Å². The Morgan fingerprint density at radius 3 is 2.67 bits per heavy atom. The Balaban J connectivity index is 1.50. The number of urea groups is 1. The molecule has 1 aliphatic heterocycles. The molecule has 0 spiro atoms. The standard InChI is InChI=1S/C19H16Cl2N6O2S/c20-26(12-4-3-8-23-10-12)19(29)25-9-7-14-16(11-25)30-17(24-14)18(28)27(21)15-6-2-1-5-13(15)22/h1-6,8,10H,7,9,11,22H2. The molecular weight excluding hydrogens is 447 g/mol. The third-order valence-corrected chi connectivity index (χ3v) is 6.30. The lowest BCUT2D eigenvalue weighted by atomic mass is 10.2. The van der Waals surface area contributed by atoms with Crippen molar-refractivity contribution in [3.63, 3.8) is 0 Å². The fourth-order valence-electron chi connectivity index (χ4n) is 3.01. The Morgan fingerprint density at radius 2 is 1.93 bits per heavy atom. The number of anilines is 3. The Morgan fingerprint density at radius 1 is 1.13 bits per heavy atom. The lowest BCUT2D eigenvalue weighted by Gasteiger charge is -2.28. The van der Waals surface area contributed by atoms with E-state index in [1.54, 1.807) is 47.5 Å². The summed E-state index contributed by atoms with van der Waals surface area (Å²) in [5.41, 5.74) is 7.94. The number of nitrogen functional groups attached to an aromatic ring is 1. The summed E-state index contributed by atoms with van der Waals surface area (Å²) in [6.07, 6.45) is 3.62. The Bertz CT molecular complexity index is 1090. The van der Waals surface area contributed by atoms with E-state index >= 15 is 0 Å². The Hall–Kier alpha value is -2.88. The van der Waals surface area contributed by atoms with E-state index in [2.05, 4.69) is 9.97 Å². The number of carbonyl (C=O) groups is 2. The van der Waals surface area contributed by atoms with Crippen LogP contribution >= 0.6 is 34.9 Å². The molecule has 3 amide bonds. The molecule has 0 radical (unpaired) electrons. The zero-order valence-corrected chi connectivity index (χ0v) is 17.9. The van der Waals surface area contributed by atoms with E-state index in [0.29, 0.717) is 36.6 Å². The van der Waals surface area contributed by atoms with Crippen LogP contribution in [0.3, 0.4) is 0 Å². The van der Waals surface area contributed by atoms with Crippen LogP contribution in [0.4, 0.5) is 21.9 Å². The van der Waals surface area contributed by atoms with E-state index in [1.165, 1.54) is 17.5 Å². The second-order valence-corrected chi connectivity index (χ2v) is 8.24. The summed E-state index contributed by atoms with van der Waals surface area (Å²) in [5.74, 6) is -0.471.